The number of carbonyl (C=O) groups excluding carboxylic acids is 1. The molecule has 0 spiro atoms. The molecule has 1 aliphatic rings. The van der Waals surface area contributed by atoms with Crippen LogP contribution in [0.2, 0.25) is 0 Å². The van der Waals surface area contributed by atoms with Crippen LogP contribution in [0, 0.1) is 23.0 Å². The van der Waals surface area contributed by atoms with Crippen LogP contribution in [-0.2, 0) is 4.79 Å². The molecule has 0 aromatic heterocycles. The molecule has 1 aromatic rings. The predicted molar refractivity (Wildman–Crippen MR) is 76.7 cm³/mol. The van der Waals surface area contributed by atoms with Gasteiger partial charge in [0.25, 0.3) is 5.69 Å². The molecule has 1 heterocycles. The molecule has 6 heteroatoms. The second-order valence-electron chi connectivity index (χ2n) is 5.22. The zero-order valence-corrected chi connectivity index (χ0v) is 11.5. The molecule has 1 aromatic carbocycles. The minimum absolute atomic E-state index is 0.0609. The van der Waals surface area contributed by atoms with Gasteiger partial charge in [0.05, 0.1) is 4.92 Å². The van der Waals surface area contributed by atoms with Crippen molar-refractivity contribution in [3.8, 4) is 0 Å². The lowest BCUT2D eigenvalue weighted by Crippen LogP contribution is -2.30. The molecule has 1 saturated heterocycles. The van der Waals surface area contributed by atoms with E-state index >= 15 is 0 Å². The average molecular weight is 277 g/mol. The van der Waals surface area contributed by atoms with Crippen molar-refractivity contribution in [2.75, 3.05) is 18.4 Å². The van der Waals surface area contributed by atoms with Crippen molar-refractivity contribution in [2.24, 2.45) is 5.92 Å². The topological polar surface area (TPSA) is 84.3 Å². The van der Waals surface area contributed by atoms with Crippen molar-refractivity contribution >= 4 is 17.3 Å². The number of nitrogens with zero attached hydrogens (tertiary/aromatic N) is 1. The number of nitro benzene ring substituents is 1. The number of hydrogen-bond donors (Lipinski definition) is 2. The number of nitrogens with one attached hydrogen (secondary N) is 2. The third-order valence-electron chi connectivity index (χ3n) is 3.56. The van der Waals surface area contributed by atoms with Crippen LogP contribution in [0.15, 0.2) is 18.2 Å². The largest absolute Gasteiger partial charge is 0.320 e. The maximum atomic E-state index is 12.0. The Labute approximate surface area is 117 Å². The predicted octanol–water partition coefficient (Wildman–Crippen LogP) is 2.23. The normalized spacial score (nSPS) is 15.8. The Balaban J connectivity index is 2.03. The molecule has 0 aliphatic carbocycles. The summed E-state index contributed by atoms with van der Waals surface area (Å²) in [5.74, 6) is 0.214. The SMILES string of the molecule is Cc1ccc([N+](=O)[O-])c(NC(=O)CC2CCNCC2)c1. The number of anilines is 1. The summed E-state index contributed by atoms with van der Waals surface area (Å²) in [6, 6.07) is 4.73. The van der Waals surface area contributed by atoms with Crippen LogP contribution in [0.5, 0.6) is 0 Å². The van der Waals surface area contributed by atoms with Crippen LogP contribution in [0.1, 0.15) is 24.8 Å². The summed E-state index contributed by atoms with van der Waals surface area (Å²) in [5.41, 5.74) is 1.11. The first-order valence-electron chi connectivity index (χ1n) is 6.82. The lowest BCUT2D eigenvalue weighted by molar-refractivity contribution is -0.383. The monoisotopic (exact) mass is 277 g/mol. The summed E-state index contributed by atoms with van der Waals surface area (Å²) in [6.45, 7) is 3.71. The van der Waals surface area contributed by atoms with E-state index in [0.717, 1.165) is 31.5 Å². The van der Waals surface area contributed by atoms with Crippen molar-refractivity contribution in [2.45, 2.75) is 26.2 Å². The number of hydrogen-bond acceptors (Lipinski definition) is 4. The van der Waals surface area contributed by atoms with Gasteiger partial charge >= 0.3 is 0 Å². The molecule has 2 N–H and O–H groups in total. The summed E-state index contributed by atoms with van der Waals surface area (Å²) < 4.78 is 0. The van der Waals surface area contributed by atoms with E-state index in [4.69, 9.17) is 0 Å². The minimum atomic E-state index is -0.473. The van der Waals surface area contributed by atoms with Gasteiger partial charge in [0.1, 0.15) is 5.69 Å². The Hall–Kier alpha value is -1.95. The maximum absolute atomic E-state index is 12.0. The highest BCUT2D eigenvalue weighted by molar-refractivity contribution is 5.93. The van der Waals surface area contributed by atoms with Gasteiger partial charge in [-0.15, -0.1) is 0 Å². The highest BCUT2D eigenvalue weighted by atomic mass is 16.6. The van der Waals surface area contributed by atoms with Gasteiger partial charge < -0.3 is 10.6 Å². The van der Waals surface area contributed by atoms with E-state index < -0.39 is 4.92 Å². The Morgan fingerprint density at radius 2 is 2.15 bits per heavy atom. The molecular weight excluding hydrogens is 258 g/mol. The van der Waals surface area contributed by atoms with Crippen LogP contribution >= 0.6 is 0 Å². The zero-order chi connectivity index (χ0) is 14.5. The van der Waals surface area contributed by atoms with Gasteiger partial charge in [-0.05, 0) is 50.4 Å². The first-order chi connectivity index (χ1) is 9.56. The smallest absolute Gasteiger partial charge is 0.292 e. The van der Waals surface area contributed by atoms with E-state index in [9.17, 15) is 14.9 Å². The number of aryl methyl sites for hydroxylation is 1. The zero-order valence-electron chi connectivity index (χ0n) is 11.5. The number of amides is 1. The highest BCUT2D eigenvalue weighted by Gasteiger charge is 2.20. The van der Waals surface area contributed by atoms with Crippen molar-refractivity contribution in [1.82, 2.24) is 5.32 Å². The van der Waals surface area contributed by atoms with Gasteiger partial charge in [0, 0.05) is 12.5 Å². The number of rotatable bonds is 4. The summed E-state index contributed by atoms with van der Waals surface area (Å²) in [6.07, 6.45) is 2.37. The van der Waals surface area contributed by atoms with Gasteiger partial charge in [0.2, 0.25) is 5.91 Å². The molecule has 0 unspecified atom stereocenters. The maximum Gasteiger partial charge on any atom is 0.292 e. The Bertz CT molecular complexity index is 510. The Morgan fingerprint density at radius 3 is 2.80 bits per heavy atom. The van der Waals surface area contributed by atoms with Gasteiger partial charge in [-0.1, -0.05) is 6.07 Å². The molecule has 20 heavy (non-hydrogen) atoms. The van der Waals surface area contributed by atoms with E-state index in [1.807, 2.05) is 6.92 Å². The third kappa shape index (κ3) is 3.77. The van der Waals surface area contributed by atoms with Crippen LogP contribution in [0.25, 0.3) is 0 Å². The van der Waals surface area contributed by atoms with E-state index in [1.165, 1.54) is 6.07 Å². The highest BCUT2D eigenvalue weighted by Crippen LogP contribution is 2.26. The van der Waals surface area contributed by atoms with E-state index in [0.29, 0.717) is 12.3 Å². The lowest BCUT2D eigenvalue weighted by atomic mass is 9.94. The van der Waals surface area contributed by atoms with Crippen LogP contribution in [0.4, 0.5) is 11.4 Å². The van der Waals surface area contributed by atoms with Crippen molar-refractivity contribution in [3.63, 3.8) is 0 Å². The fourth-order valence-corrected chi connectivity index (χ4v) is 2.46. The van der Waals surface area contributed by atoms with Gasteiger partial charge in [-0.25, -0.2) is 0 Å². The Kier molecular flexibility index (Phi) is 4.68. The van der Waals surface area contributed by atoms with E-state index in [2.05, 4.69) is 10.6 Å². The molecule has 1 amide bonds. The van der Waals surface area contributed by atoms with Crippen molar-refractivity contribution in [3.05, 3.63) is 33.9 Å². The van der Waals surface area contributed by atoms with Crippen molar-refractivity contribution in [1.29, 1.82) is 0 Å². The van der Waals surface area contributed by atoms with E-state index in [1.54, 1.807) is 12.1 Å². The fourth-order valence-electron chi connectivity index (χ4n) is 2.46. The molecule has 2 rings (SSSR count). The van der Waals surface area contributed by atoms with Crippen molar-refractivity contribution < 1.29 is 9.72 Å². The minimum Gasteiger partial charge on any atom is -0.320 e. The van der Waals surface area contributed by atoms with Crippen LogP contribution < -0.4 is 10.6 Å². The van der Waals surface area contributed by atoms with Crippen LogP contribution in [-0.4, -0.2) is 23.9 Å². The summed E-state index contributed by atoms with van der Waals surface area (Å²) >= 11 is 0. The van der Waals surface area contributed by atoms with Crippen LogP contribution in [0.3, 0.4) is 0 Å². The molecule has 0 bridgehead atoms. The quantitative estimate of drug-likeness (QED) is 0.653. The second-order valence-corrected chi connectivity index (χ2v) is 5.22. The number of benzene rings is 1. The molecule has 1 aliphatic heterocycles. The second kappa shape index (κ2) is 6.47. The number of piperidine rings is 1. The van der Waals surface area contributed by atoms with Gasteiger partial charge in [-0.2, -0.15) is 0 Å². The van der Waals surface area contributed by atoms with Gasteiger partial charge in [-0.3, -0.25) is 14.9 Å². The molecule has 108 valence electrons. The lowest BCUT2D eigenvalue weighted by Gasteiger charge is -2.21. The fraction of sp³-hybridized carbons (Fsp3) is 0.500. The molecule has 1 fully saturated rings. The standard InChI is InChI=1S/C14H19N3O3/c1-10-2-3-13(17(19)20)12(8-10)16-14(18)9-11-4-6-15-7-5-11/h2-3,8,11,15H,4-7,9H2,1H3,(H,16,18). The first kappa shape index (κ1) is 14.5. The molecule has 0 saturated carbocycles. The number of nitro groups is 1. The van der Waals surface area contributed by atoms with Gasteiger partial charge in [0.15, 0.2) is 0 Å². The molecule has 6 nitrogen and oxygen atoms in total. The Morgan fingerprint density at radius 1 is 1.45 bits per heavy atom. The average Bonchev–Trinajstić information content (AvgIpc) is 2.39. The molecular formula is C14H19N3O3. The first-order valence-corrected chi connectivity index (χ1v) is 6.82. The molecule has 0 atom stereocenters. The summed E-state index contributed by atoms with van der Waals surface area (Å²) in [4.78, 5) is 22.5. The van der Waals surface area contributed by atoms with E-state index in [-0.39, 0.29) is 17.3 Å². The third-order valence-corrected chi connectivity index (χ3v) is 3.56. The summed E-state index contributed by atoms with van der Waals surface area (Å²) in [5, 5.41) is 16.9. The number of carbonyl (C=O) groups is 1. The molecule has 0 radical (unpaired) electrons. The summed E-state index contributed by atoms with van der Waals surface area (Å²) in [7, 11) is 0.